The zero-order valence-corrected chi connectivity index (χ0v) is 15.0. The maximum atomic E-state index is 5.02. The molecule has 0 bridgehead atoms. The number of rotatable bonds is 2. The van der Waals surface area contributed by atoms with Crippen molar-refractivity contribution in [2.45, 2.75) is 51.1 Å². The monoisotopic (exact) mass is 336 g/mol. The maximum Gasteiger partial charge on any atom is 0.168 e. The number of nitrogens with zero attached hydrogens (tertiary/aromatic N) is 3. The maximum absolute atomic E-state index is 5.02. The van der Waals surface area contributed by atoms with Gasteiger partial charge in [0.05, 0.1) is 18.1 Å². The van der Waals surface area contributed by atoms with Crippen LogP contribution in [-0.2, 0) is 0 Å². The molecule has 4 rings (SSSR count). The third kappa shape index (κ3) is 2.92. The Bertz CT molecular complexity index is 552. The summed E-state index contributed by atoms with van der Waals surface area (Å²) in [5.74, 6) is 1.76. The molecule has 2 atom stereocenters. The Morgan fingerprint density at radius 3 is 3.09 bits per heavy atom. The van der Waals surface area contributed by atoms with E-state index in [1.165, 1.54) is 43.1 Å². The summed E-state index contributed by atoms with van der Waals surface area (Å²) in [5.41, 5.74) is 1.53. The topological polar surface area (TPSA) is 40.0 Å². The van der Waals surface area contributed by atoms with Crippen molar-refractivity contribution < 1.29 is 0 Å². The smallest absolute Gasteiger partial charge is 0.168 e. The summed E-state index contributed by atoms with van der Waals surface area (Å²) in [4.78, 5) is 12.1. The standard InChI is InChI=1S/C16H24N4S2/c1-16(2)10-17-14(19-16)21-8-12-9-22-15-18-13-6-4-3-5-11(13)7-20(12)15/h9,11,13H,3-8,10H2,1-2H3,(H,17,19)/t11-,13+/m1/s1. The molecule has 3 aliphatic heterocycles. The van der Waals surface area contributed by atoms with Crippen molar-refractivity contribution in [1.82, 2.24) is 10.2 Å². The van der Waals surface area contributed by atoms with E-state index in [1.54, 1.807) is 0 Å². The lowest BCUT2D eigenvalue weighted by atomic mass is 9.84. The summed E-state index contributed by atoms with van der Waals surface area (Å²) >= 11 is 3.64. The van der Waals surface area contributed by atoms with Gasteiger partial charge in [-0.15, -0.1) is 0 Å². The lowest BCUT2D eigenvalue weighted by Gasteiger charge is -2.38. The van der Waals surface area contributed by atoms with Gasteiger partial charge < -0.3 is 10.2 Å². The molecule has 0 aromatic heterocycles. The Hall–Kier alpha value is -0.620. The number of nitrogens with one attached hydrogen (secondary N) is 1. The van der Waals surface area contributed by atoms with E-state index in [0.29, 0.717) is 6.04 Å². The van der Waals surface area contributed by atoms with Crippen LogP contribution in [0.25, 0.3) is 0 Å². The van der Waals surface area contributed by atoms with Gasteiger partial charge in [0.2, 0.25) is 0 Å². The van der Waals surface area contributed by atoms with Gasteiger partial charge >= 0.3 is 0 Å². The van der Waals surface area contributed by atoms with Gasteiger partial charge in [0, 0.05) is 18.0 Å². The van der Waals surface area contributed by atoms with Crippen molar-refractivity contribution in [3.63, 3.8) is 0 Å². The Morgan fingerprint density at radius 1 is 1.41 bits per heavy atom. The normalized spacial score (nSPS) is 32.6. The highest BCUT2D eigenvalue weighted by Crippen LogP contribution is 2.38. The van der Waals surface area contributed by atoms with E-state index < -0.39 is 0 Å². The summed E-state index contributed by atoms with van der Waals surface area (Å²) in [5, 5.41) is 8.13. The number of hydrogen-bond donors (Lipinski definition) is 1. The van der Waals surface area contributed by atoms with E-state index in [-0.39, 0.29) is 5.54 Å². The number of hydrogen-bond acceptors (Lipinski definition) is 6. The fourth-order valence-electron chi connectivity index (χ4n) is 3.59. The molecule has 3 heterocycles. The minimum atomic E-state index is 0.119. The second kappa shape index (κ2) is 5.78. The molecule has 0 amide bonds. The fraction of sp³-hybridized carbons (Fsp3) is 0.750. The molecule has 0 radical (unpaired) electrons. The van der Waals surface area contributed by atoms with Crippen LogP contribution in [0.3, 0.4) is 0 Å². The van der Waals surface area contributed by atoms with Gasteiger partial charge in [0.25, 0.3) is 0 Å². The zero-order valence-electron chi connectivity index (χ0n) is 13.3. The molecule has 0 saturated heterocycles. The second-order valence-electron chi connectivity index (χ2n) is 7.28. The molecule has 0 spiro atoms. The van der Waals surface area contributed by atoms with Gasteiger partial charge in [-0.25, -0.2) is 0 Å². The van der Waals surface area contributed by atoms with Crippen LogP contribution in [0.4, 0.5) is 0 Å². The van der Waals surface area contributed by atoms with Gasteiger partial charge in [0.15, 0.2) is 10.3 Å². The third-order valence-electron chi connectivity index (χ3n) is 4.86. The van der Waals surface area contributed by atoms with Crippen LogP contribution in [0.2, 0.25) is 0 Å². The summed E-state index contributed by atoms with van der Waals surface area (Å²) in [6, 6.07) is 0.592. The van der Waals surface area contributed by atoms with E-state index in [0.717, 1.165) is 23.4 Å². The lowest BCUT2D eigenvalue weighted by Crippen LogP contribution is -2.42. The Morgan fingerprint density at radius 2 is 2.27 bits per heavy atom. The van der Waals surface area contributed by atoms with Crippen molar-refractivity contribution in [3.8, 4) is 0 Å². The van der Waals surface area contributed by atoms with Gasteiger partial charge in [-0.1, -0.05) is 36.4 Å². The number of thioether (sulfide) groups is 2. The Balaban J connectivity index is 1.38. The van der Waals surface area contributed by atoms with Crippen molar-refractivity contribution in [2.24, 2.45) is 15.9 Å². The molecule has 4 aliphatic rings. The zero-order chi connectivity index (χ0) is 15.2. The molecular weight excluding hydrogens is 312 g/mol. The van der Waals surface area contributed by atoms with Crippen LogP contribution in [0.5, 0.6) is 0 Å². The van der Waals surface area contributed by atoms with Crippen LogP contribution in [0, 0.1) is 5.92 Å². The quantitative estimate of drug-likeness (QED) is 0.840. The van der Waals surface area contributed by atoms with E-state index in [4.69, 9.17) is 4.99 Å². The van der Waals surface area contributed by atoms with Crippen LogP contribution < -0.4 is 5.32 Å². The summed E-state index contributed by atoms with van der Waals surface area (Å²) in [6.07, 6.45) is 5.39. The minimum Gasteiger partial charge on any atom is -0.358 e. The summed E-state index contributed by atoms with van der Waals surface area (Å²) in [6.45, 7) is 6.46. The number of aliphatic imine (C=N–C) groups is 2. The van der Waals surface area contributed by atoms with Crippen molar-refractivity contribution >= 4 is 33.9 Å². The van der Waals surface area contributed by atoms with Crippen molar-refractivity contribution in [2.75, 3.05) is 18.8 Å². The van der Waals surface area contributed by atoms with E-state index in [9.17, 15) is 0 Å². The minimum absolute atomic E-state index is 0.119. The molecule has 22 heavy (non-hydrogen) atoms. The van der Waals surface area contributed by atoms with E-state index in [2.05, 4.69) is 34.5 Å². The highest BCUT2D eigenvalue weighted by atomic mass is 32.2. The highest BCUT2D eigenvalue weighted by Gasteiger charge is 2.36. The third-order valence-corrected chi connectivity index (χ3v) is 6.73. The molecule has 1 aliphatic carbocycles. The first kappa shape index (κ1) is 14.9. The molecule has 1 N–H and O–H groups in total. The van der Waals surface area contributed by atoms with E-state index >= 15 is 0 Å². The summed E-state index contributed by atoms with van der Waals surface area (Å²) in [7, 11) is 0. The van der Waals surface area contributed by atoms with Crippen molar-refractivity contribution in [1.29, 1.82) is 0 Å². The lowest BCUT2D eigenvalue weighted by molar-refractivity contribution is 0.248. The largest absolute Gasteiger partial charge is 0.358 e. The average Bonchev–Trinajstić information content (AvgIpc) is 3.05. The van der Waals surface area contributed by atoms with Crippen LogP contribution in [-0.4, -0.2) is 45.7 Å². The molecule has 0 unspecified atom stereocenters. The molecule has 1 fully saturated rings. The van der Waals surface area contributed by atoms with Gasteiger partial charge in [-0.05, 0) is 38.0 Å². The SMILES string of the molecule is CC1(C)CN=C(SCC2=CSC3=N[C@H]4CCCC[C@@H]4CN23)N1. The Kier molecular flexibility index (Phi) is 3.93. The molecule has 4 nitrogen and oxygen atoms in total. The molecule has 6 heteroatoms. The van der Waals surface area contributed by atoms with Crippen LogP contribution in [0.1, 0.15) is 39.5 Å². The molecule has 1 saturated carbocycles. The van der Waals surface area contributed by atoms with Gasteiger partial charge in [-0.3, -0.25) is 9.98 Å². The van der Waals surface area contributed by atoms with Crippen LogP contribution in [0.15, 0.2) is 21.1 Å². The fourth-order valence-corrected chi connectivity index (χ4v) is 5.69. The predicted molar refractivity (Wildman–Crippen MR) is 97.5 cm³/mol. The van der Waals surface area contributed by atoms with Gasteiger partial charge in [-0.2, -0.15) is 0 Å². The first-order valence-corrected chi connectivity index (χ1v) is 10.1. The van der Waals surface area contributed by atoms with Crippen LogP contribution >= 0.6 is 23.5 Å². The summed E-state index contributed by atoms with van der Waals surface area (Å²) < 4.78 is 0. The predicted octanol–water partition coefficient (Wildman–Crippen LogP) is 3.28. The highest BCUT2D eigenvalue weighted by molar-refractivity contribution is 8.17. The second-order valence-corrected chi connectivity index (χ2v) is 9.08. The van der Waals surface area contributed by atoms with Gasteiger partial charge in [0.1, 0.15) is 0 Å². The molecule has 120 valence electrons. The van der Waals surface area contributed by atoms with Crippen molar-refractivity contribution in [3.05, 3.63) is 11.1 Å². The molecule has 0 aromatic rings. The number of amidine groups is 2. The first-order chi connectivity index (χ1) is 10.6. The molecule has 0 aromatic carbocycles. The Labute approximate surface area is 141 Å². The number of fused-ring (bicyclic) bond motifs is 2. The first-order valence-electron chi connectivity index (χ1n) is 8.27. The molecular formula is C16H24N4S2. The average molecular weight is 337 g/mol. The van der Waals surface area contributed by atoms with E-state index in [1.807, 2.05) is 23.5 Å².